The third-order valence-corrected chi connectivity index (χ3v) is 4.04. The molecule has 0 fully saturated rings. The summed E-state index contributed by atoms with van der Waals surface area (Å²) in [5, 5.41) is 3.89. The van der Waals surface area contributed by atoms with Gasteiger partial charge in [-0.25, -0.2) is 8.42 Å². The zero-order valence-corrected chi connectivity index (χ0v) is 11.7. The normalized spacial score (nSPS) is 11.2. The van der Waals surface area contributed by atoms with Gasteiger partial charge in [0.05, 0.1) is 16.8 Å². The summed E-state index contributed by atoms with van der Waals surface area (Å²) in [4.78, 5) is 0.362. The lowest BCUT2D eigenvalue weighted by atomic mass is 10.2. The second-order valence-electron chi connectivity index (χ2n) is 3.90. The van der Waals surface area contributed by atoms with E-state index in [2.05, 4.69) is 9.82 Å². The first-order chi connectivity index (χ1) is 8.88. The van der Waals surface area contributed by atoms with Crippen LogP contribution < -0.4 is 10.5 Å². The zero-order valence-electron chi connectivity index (χ0n) is 10.1. The van der Waals surface area contributed by atoms with Crippen LogP contribution in [0.25, 0.3) is 0 Å². The summed E-state index contributed by atoms with van der Waals surface area (Å²) in [7, 11) is -1.93. The molecule has 0 bridgehead atoms. The molecule has 0 aliphatic heterocycles. The number of aryl methyl sites for hydroxylation is 1. The Labute approximate surface area is 116 Å². The number of hydrogen-bond acceptors (Lipinski definition) is 4. The van der Waals surface area contributed by atoms with Gasteiger partial charge in [-0.15, -0.1) is 0 Å². The molecule has 6 nitrogen and oxygen atoms in total. The van der Waals surface area contributed by atoms with Gasteiger partial charge in [0, 0.05) is 18.8 Å². The van der Waals surface area contributed by atoms with E-state index in [9.17, 15) is 8.42 Å². The lowest BCUT2D eigenvalue weighted by Gasteiger charge is -2.06. The van der Waals surface area contributed by atoms with Gasteiger partial charge in [-0.2, -0.15) is 5.10 Å². The second-order valence-corrected chi connectivity index (χ2v) is 6.02. The van der Waals surface area contributed by atoms with Gasteiger partial charge >= 0.3 is 0 Å². The largest absolute Gasteiger partial charge is 0.389 e. The number of nitrogens with zero attached hydrogens (tertiary/aromatic N) is 2. The maximum atomic E-state index is 12.1. The zero-order chi connectivity index (χ0) is 14.0. The third-order valence-electron chi connectivity index (χ3n) is 2.41. The summed E-state index contributed by atoms with van der Waals surface area (Å²) < 4.78 is 28.1. The second kappa shape index (κ2) is 4.98. The Morgan fingerprint density at radius 2 is 2.00 bits per heavy atom. The molecule has 100 valence electrons. The molecule has 0 aliphatic carbocycles. The fourth-order valence-corrected chi connectivity index (χ4v) is 2.65. The Balaban J connectivity index is 2.26. The smallest absolute Gasteiger partial charge is 0.261 e. The number of anilines is 1. The minimum Gasteiger partial charge on any atom is -0.389 e. The van der Waals surface area contributed by atoms with E-state index < -0.39 is 10.0 Å². The van der Waals surface area contributed by atoms with Crippen LogP contribution >= 0.6 is 12.2 Å². The first-order valence-corrected chi connectivity index (χ1v) is 7.19. The van der Waals surface area contributed by atoms with Gasteiger partial charge in [0.25, 0.3) is 10.0 Å². The predicted octanol–water partition coefficient (Wildman–Crippen LogP) is 0.855. The molecule has 0 atom stereocenters. The highest BCUT2D eigenvalue weighted by Gasteiger charge is 2.14. The van der Waals surface area contributed by atoms with E-state index in [0.29, 0.717) is 11.3 Å². The Hall–Kier alpha value is -1.93. The first-order valence-electron chi connectivity index (χ1n) is 5.30. The fraction of sp³-hybridized carbons (Fsp3) is 0.0909. The molecule has 0 saturated heterocycles. The molecule has 19 heavy (non-hydrogen) atoms. The van der Waals surface area contributed by atoms with Crippen molar-refractivity contribution in [2.24, 2.45) is 12.8 Å². The molecule has 2 rings (SSSR count). The van der Waals surface area contributed by atoms with E-state index in [1.807, 2.05) is 0 Å². The molecule has 0 aliphatic rings. The SMILES string of the molecule is Cn1cc(NS(=O)(=O)c2ccc(C(N)=S)cc2)cn1. The van der Waals surface area contributed by atoms with Crippen molar-refractivity contribution in [2.75, 3.05) is 4.72 Å². The Bertz CT molecular complexity index is 705. The maximum absolute atomic E-state index is 12.1. The Kier molecular flexibility index (Phi) is 3.54. The van der Waals surface area contributed by atoms with Crippen molar-refractivity contribution in [3.05, 3.63) is 42.2 Å². The van der Waals surface area contributed by atoms with Crippen LogP contribution in [0, 0.1) is 0 Å². The van der Waals surface area contributed by atoms with E-state index in [0.717, 1.165) is 0 Å². The molecule has 8 heteroatoms. The lowest BCUT2D eigenvalue weighted by molar-refractivity contribution is 0.601. The minimum atomic E-state index is -3.63. The van der Waals surface area contributed by atoms with Crippen molar-refractivity contribution in [1.29, 1.82) is 0 Å². The Morgan fingerprint density at radius 3 is 2.47 bits per heavy atom. The summed E-state index contributed by atoms with van der Waals surface area (Å²) in [5.74, 6) is 0. The maximum Gasteiger partial charge on any atom is 0.261 e. The monoisotopic (exact) mass is 296 g/mol. The molecule has 1 aromatic carbocycles. The number of nitrogens with two attached hydrogens (primary N) is 1. The van der Waals surface area contributed by atoms with E-state index in [1.165, 1.54) is 23.0 Å². The highest BCUT2D eigenvalue weighted by atomic mass is 32.2. The summed E-state index contributed by atoms with van der Waals surface area (Å²) in [6, 6.07) is 6.04. The molecule has 1 aromatic heterocycles. The van der Waals surface area contributed by atoms with Gasteiger partial charge in [-0.05, 0) is 12.1 Å². The molecule has 0 saturated carbocycles. The summed E-state index contributed by atoms with van der Waals surface area (Å²) in [6.45, 7) is 0. The van der Waals surface area contributed by atoms with Gasteiger partial charge in [0.1, 0.15) is 4.99 Å². The fourth-order valence-electron chi connectivity index (χ4n) is 1.49. The molecule has 2 aromatic rings. The highest BCUT2D eigenvalue weighted by molar-refractivity contribution is 7.92. The number of benzene rings is 1. The number of nitrogens with one attached hydrogen (secondary N) is 1. The van der Waals surface area contributed by atoms with E-state index in [-0.39, 0.29) is 9.88 Å². The number of aromatic nitrogens is 2. The summed E-state index contributed by atoms with van der Waals surface area (Å²) in [5.41, 5.74) is 6.48. The number of thiocarbonyl (C=S) groups is 1. The number of hydrogen-bond donors (Lipinski definition) is 2. The quantitative estimate of drug-likeness (QED) is 0.817. The van der Waals surface area contributed by atoms with Crippen LogP contribution in [0.5, 0.6) is 0 Å². The van der Waals surface area contributed by atoms with Gasteiger partial charge in [-0.3, -0.25) is 9.40 Å². The van der Waals surface area contributed by atoms with Gasteiger partial charge in [-0.1, -0.05) is 24.4 Å². The van der Waals surface area contributed by atoms with Gasteiger partial charge < -0.3 is 5.73 Å². The Morgan fingerprint density at radius 1 is 1.37 bits per heavy atom. The van der Waals surface area contributed by atoms with Gasteiger partial charge in [0.2, 0.25) is 0 Å². The van der Waals surface area contributed by atoms with Crippen molar-refractivity contribution in [3.63, 3.8) is 0 Å². The molecule has 3 N–H and O–H groups in total. The highest BCUT2D eigenvalue weighted by Crippen LogP contribution is 2.15. The molecule has 0 unspecified atom stereocenters. The van der Waals surface area contributed by atoms with Crippen LogP contribution in [-0.2, 0) is 17.1 Å². The number of sulfonamides is 1. The van der Waals surface area contributed by atoms with Crippen LogP contribution in [0.1, 0.15) is 5.56 Å². The van der Waals surface area contributed by atoms with E-state index >= 15 is 0 Å². The summed E-state index contributed by atoms with van der Waals surface area (Å²) in [6.07, 6.45) is 3.00. The summed E-state index contributed by atoms with van der Waals surface area (Å²) >= 11 is 4.81. The third kappa shape index (κ3) is 3.09. The van der Waals surface area contributed by atoms with Crippen molar-refractivity contribution in [3.8, 4) is 0 Å². The topological polar surface area (TPSA) is 90.0 Å². The lowest BCUT2D eigenvalue weighted by Crippen LogP contribution is -2.14. The van der Waals surface area contributed by atoms with Crippen molar-refractivity contribution in [2.45, 2.75) is 4.90 Å². The van der Waals surface area contributed by atoms with Crippen LogP contribution in [0.15, 0.2) is 41.6 Å². The molecular formula is C11H12N4O2S2. The average Bonchev–Trinajstić information content (AvgIpc) is 2.74. The molecule has 0 radical (unpaired) electrons. The average molecular weight is 296 g/mol. The van der Waals surface area contributed by atoms with Crippen LogP contribution in [0.3, 0.4) is 0 Å². The van der Waals surface area contributed by atoms with Crippen LogP contribution in [-0.4, -0.2) is 23.2 Å². The van der Waals surface area contributed by atoms with Gasteiger partial charge in [0.15, 0.2) is 0 Å². The minimum absolute atomic E-state index is 0.136. The molecular weight excluding hydrogens is 284 g/mol. The van der Waals surface area contributed by atoms with E-state index in [1.54, 1.807) is 25.4 Å². The van der Waals surface area contributed by atoms with Crippen molar-refractivity contribution >= 4 is 32.9 Å². The first kappa shape index (κ1) is 13.5. The van der Waals surface area contributed by atoms with Crippen LogP contribution in [0.2, 0.25) is 0 Å². The predicted molar refractivity (Wildman–Crippen MR) is 76.3 cm³/mol. The van der Waals surface area contributed by atoms with Crippen molar-refractivity contribution in [1.82, 2.24) is 9.78 Å². The standard InChI is InChI=1S/C11H12N4O2S2/c1-15-7-9(6-13-15)14-19(16,17)10-4-2-8(3-5-10)11(12)18/h2-7,14H,1H3,(H2,12,18). The molecule has 0 amide bonds. The molecule has 1 heterocycles. The molecule has 0 spiro atoms. The van der Waals surface area contributed by atoms with E-state index in [4.69, 9.17) is 18.0 Å². The van der Waals surface area contributed by atoms with Crippen LogP contribution in [0.4, 0.5) is 5.69 Å². The van der Waals surface area contributed by atoms with Crippen molar-refractivity contribution < 1.29 is 8.42 Å². The number of rotatable bonds is 4.